The fourth-order valence-electron chi connectivity index (χ4n) is 2.22. The average Bonchev–Trinajstić information content (AvgIpc) is 2.61. The van der Waals surface area contributed by atoms with E-state index in [1.165, 1.54) is 12.1 Å². The molecule has 1 saturated heterocycles. The molecule has 0 bridgehead atoms. The highest BCUT2D eigenvalue weighted by Crippen LogP contribution is 2.25. The molecule has 1 heterocycles. The van der Waals surface area contributed by atoms with Crippen LogP contribution >= 0.6 is 11.6 Å². The van der Waals surface area contributed by atoms with Gasteiger partial charge in [0, 0.05) is 24.7 Å². The zero-order valence-electron chi connectivity index (χ0n) is 10.4. The first-order valence-corrected chi connectivity index (χ1v) is 6.33. The van der Waals surface area contributed by atoms with Crippen molar-refractivity contribution in [2.24, 2.45) is 0 Å². The van der Waals surface area contributed by atoms with Crippen LogP contribution < -0.4 is 5.32 Å². The number of halogens is 2. The largest absolute Gasteiger partial charge is 0.344 e. The lowest BCUT2D eigenvalue weighted by Gasteiger charge is -2.19. The highest BCUT2D eigenvalue weighted by Gasteiger charge is 2.30. The molecule has 2 atom stereocenters. The van der Waals surface area contributed by atoms with E-state index in [9.17, 15) is 9.18 Å². The number of benzene rings is 1. The second-order valence-electron chi connectivity index (χ2n) is 4.66. The van der Waals surface area contributed by atoms with Gasteiger partial charge in [0.2, 0.25) is 5.91 Å². The van der Waals surface area contributed by atoms with Crippen molar-refractivity contribution in [3.8, 4) is 0 Å². The van der Waals surface area contributed by atoms with Crippen molar-refractivity contribution < 1.29 is 9.18 Å². The number of hydrogen-bond donors (Lipinski definition) is 1. The molecule has 1 aromatic rings. The summed E-state index contributed by atoms with van der Waals surface area (Å²) in [5.41, 5.74) is 0.806. The van der Waals surface area contributed by atoms with Gasteiger partial charge in [-0.1, -0.05) is 17.7 Å². The number of rotatable bonds is 3. The third-order valence-electron chi connectivity index (χ3n) is 3.31. The van der Waals surface area contributed by atoms with Crippen LogP contribution in [0.15, 0.2) is 18.2 Å². The second-order valence-corrected chi connectivity index (χ2v) is 5.06. The van der Waals surface area contributed by atoms with Crippen LogP contribution in [0.2, 0.25) is 5.02 Å². The van der Waals surface area contributed by atoms with Crippen LogP contribution in [0.1, 0.15) is 24.9 Å². The third kappa shape index (κ3) is 2.65. The fraction of sp³-hybridized carbons (Fsp3) is 0.462. The number of likely N-dealkylation sites (N-methyl/N-ethyl adjacent to an activating group) is 1. The summed E-state index contributed by atoms with van der Waals surface area (Å²) < 4.78 is 13.0. The summed E-state index contributed by atoms with van der Waals surface area (Å²) in [6, 6.07) is 4.06. The van der Waals surface area contributed by atoms with Gasteiger partial charge in [-0.15, -0.1) is 0 Å². The van der Waals surface area contributed by atoms with E-state index in [1.54, 1.807) is 18.0 Å². The molecule has 1 aliphatic rings. The summed E-state index contributed by atoms with van der Waals surface area (Å²) in [6.45, 7) is 2.69. The molecule has 1 amide bonds. The Bertz CT molecular complexity index is 466. The van der Waals surface area contributed by atoms with Crippen LogP contribution in [0.3, 0.4) is 0 Å². The Balaban J connectivity index is 2.08. The molecule has 2 rings (SSSR count). The van der Waals surface area contributed by atoms with Crippen LogP contribution in [0.5, 0.6) is 0 Å². The number of nitrogens with one attached hydrogen (secondary N) is 1. The van der Waals surface area contributed by atoms with Gasteiger partial charge in [-0.05, 0) is 31.0 Å². The molecule has 18 heavy (non-hydrogen) atoms. The van der Waals surface area contributed by atoms with Gasteiger partial charge in [0.05, 0.1) is 6.04 Å². The SMILES string of the molecule is CC(NC1CCN(C)C1=O)c1ccc(F)cc1Cl. The third-order valence-corrected chi connectivity index (χ3v) is 3.64. The molecule has 0 aromatic heterocycles. The molecule has 5 heteroatoms. The van der Waals surface area contributed by atoms with Crippen molar-refractivity contribution in [2.75, 3.05) is 13.6 Å². The van der Waals surface area contributed by atoms with Crippen LogP contribution in [-0.4, -0.2) is 30.4 Å². The predicted molar refractivity (Wildman–Crippen MR) is 69.0 cm³/mol. The Morgan fingerprint density at radius 3 is 2.83 bits per heavy atom. The van der Waals surface area contributed by atoms with Crippen molar-refractivity contribution in [3.63, 3.8) is 0 Å². The average molecular weight is 271 g/mol. The van der Waals surface area contributed by atoms with E-state index in [2.05, 4.69) is 5.32 Å². The first-order valence-electron chi connectivity index (χ1n) is 5.95. The van der Waals surface area contributed by atoms with Crippen LogP contribution in [-0.2, 0) is 4.79 Å². The lowest BCUT2D eigenvalue weighted by Crippen LogP contribution is -2.38. The number of nitrogens with zero attached hydrogens (tertiary/aromatic N) is 1. The van der Waals surface area contributed by atoms with Crippen LogP contribution in [0, 0.1) is 5.82 Å². The Morgan fingerprint density at radius 2 is 2.28 bits per heavy atom. The summed E-state index contributed by atoms with van der Waals surface area (Å²) in [7, 11) is 1.79. The van der Waals surface area contributed by atoms with Gasteiger partial charge in [0.25, 0.3) is 0 Å². The lowest BCUT2D eigenvalue weighted by molar-refractivity contribution is -0.128. The van der Waals surface area contributed by atoms with Gasteiger partial charge in [0.15, 0.2) is 0 Å². The van der Waals surface area contributed by atoms with E-state index in [0.717, 1.165) is 18.5 Å². The summed E-state index contributed by atoms with van der Waals surface area (Å²) in [5, 5.41) is 3.62. The number of carbonyl (C=O) groups excluding carboxylic acids is 1. The zero-order valence-corrected chi connectivity index (χ0v) is 11.2. The molecule has 0 spiro atoms. The Labute approximate surface area is 111 Å². The molecular weight excluding hydrogens is 255 g/mol. The van der Waals surface area contributed by atoms with Crippen molar-refractivity contribution in [2.45, 2.75) is 25.4 Å². The molecule has 1 aromatic carbocycles. The zero-order chi connectivity index (χ0) is 13.3. The maximum Gasteiger partial charge on any atom is 0.239 e. The molecule has 1 fully saturated rings. The normalized spacial score (nSPS) is 21.4. The smallest absolute Gasteiger partial charge is 0.239 e. The molecular formula is C13H16ClFN2O. The molecule has 2 unspecified atom stereocenters. The van der Waals surface area contributed by atoms with Crippen LogP contribution in [0.25, 0.3) is 0 Å². The first kappa shape index (κ1) is 13.3. The Morgan fingerprint density at radius 1 is 1.56 bits per heavy atom. The van der Waals surface area contributed by atoms with E-state index in [-0.39, 0.29) is 23.8 Å². The lowest BCUT2D eigenvalue weighted by atomic mass is 10.1. The number of amides is 1. The van der Waals surface area contributed by atoms with Crippen molar-refractivity contribution >= 4 is 17.5 Å². The number of hydrogen-bond acceptors (Lipinski definition) is 2. The highest BCUT2D eigenvalue weighted by atomic mass is 35.5. The first-order chi connectivity index (χ1) is 8.49. The van der Waals surface area contributed by atoms with Gasteiger partial charge in [-0.2, -0.15) is 0 Å². The minimum atomic E-state index is -0.354. The summed E-state index contributed by atoms with van der Waals surface area (Å²) >= 11 is 6.00. The van der Waals surface area contributed by atoms with E-state index in [1.807, 2.05) is 6.92 Å². The molecule has 0 radical (unpaired) electrons. The Kier molecular flexibility index (Phi) is 3.88. The van der Waals surface area contributed by atoms with Gasteiger partial charge >= 0.3 is 0 Å². The summed E-state index contributed by atoms with van der Waals surface area (Å²) in [6.07, 6.45) is 0.790. The van der Waals surface area contributed by atoms with Crippen molar-refractivity contribution in [1.29, 1.82) is 0 Å². The van der Waals surface area contributed by atoms with Gasteiger partial charge < -0.3 is 4.90 Å². The minimum absolute atomic E-state index is 0.0847. The van der Waals surface area contributed by atoms with Gasteiger partial charge in [0.1, 0.15) is 5.82 Å². The monoisotopic (exact) mass is 270 g/mol. The van der Waals surface area contributed by atoms with E-state index in [4.69, 9.17) is 11.6 Å². The van der Waals surface area contributed by atoms with E-state index in [0.29, 0.717) is 5.02 Å². The molecule has 1 N–H and O–H groups in total. The quantitative estimate of drug-likeness (QED) is 0.915. The molecule has 3 nitrogen and oxygen atoms in total. The molecule has 98 valence electrons. The maximum absolute atomic E-state index is 13.0. The molecule has 0 saturated carbocycles. The number of likely N-dealkylation sites (tertiary alicyclic amines) is 1. The van der Waals surface area contributed by atoms with Crippen molar-refractivity contribution in [3.05, 3.63) is 34.6 Å². The topological polar surface area (TPSA) is 32.3 Å². The van der Waals surface area contributed by atoms with Gasteiger partial charge in [-0.25, -0.2) is 4.39 Å². The predicted octanol–water partition coefficient (Wildman–Crippen LogP) is 2.36. The molecule has 1 aliphatic heterocycles. The highest BCUT2D eigenvalue weighted by molar-refractivity contribution is 6.31. The standard InChI is InChI=1S/C13H16ClFN2O/c1-8(10-4-3-9(15)7-11(10)14)16-12-5-6-17(2)13(12)18/h3-4,7-8,12,16H,5-6H2,1-2H3. The maximum atomic E-state index is 13.0. The van der Waals surface area contributed by atoms with E-state index < -0.39 is 0 Å². The van der Waals surface area contributed by atoms with Crippen molar-refractivity contribution in [1.82, 2.24) is 10.2 Å². The fourth-order valence-corrected chi connectivity index (χ4v) is 2.55. The summed E-state index contributed by atoms with van der Waals surface area (Å²) in [4.78, 5) is 13.5. The Hall–Kier alpha value is -1.13. The van der Waals surface area contributed by atoms with E-state index >= 15 is 0 Å². The second kappa shape index (κ2) is 5.24. The minimum Gasteiger partial charge on any atom is -0.344 e. The summed E-state index contributed by atoms with van der Waals surface area (Å²) in [5.74, 6) is -0.257. The number of carbonyl (C=O) groups is 1. The van der Waals surface area contributed by atoms with Gasteiger partial charge in [-0.3, -0.25) is 10.1 Å². The van der Waals surface area contributed by atoms with Crippen LogP contribution in [0.4, 0.5) is 4.39 Å². The molecule has 0 aliphatic carbocycles.